The number of hydrogen-bond donors (Lipinski definition) is 2. The topological polar surface area (TPSA) is 62.3 Å². The third-order valence-electron chi connectivity index (χ3n) is 7.75. The SMILES string of the molecule is CCc1ccc(Cn2cc(Cc3ccccc3)[nH]c2=S)cc1.COc1ccc(CN2C(=O)C(Cc3ccccc3)NC2=S)cc1. The van der Waals surface area contributed by atoms with Crippen molar-refractivity contribution in [3.8, 4) is 5.75 Å². The normalized spacial score (nSPS) is 14.1. The number of methoxy groups -OCH3 is 1. The first-order valence-corrected chi connectivity index (χ1v) is 15.9. The van der Waals surface area contributed by atoms with Crippen molar-refractivity contribution < 1.29 is 9.53 Å². The van der Waals surface area contributed by atoms with Crippen LogP contribution in [0.25, 0.3) is 0 Å². The lowest BCUT2D eigenvalue weighted by molar-refractivity contribution is -0.127. The van der Waals surface area contributed by atoms with Crippen LogP contribution in [0.15, 0.2) is 115 Å². The van der Waals surface area contributed by atoms with Gasteiger partial charge in [0.05, 0.1) is 13.7 Å². The van der Waals surface area contributed by atoms with Gasteiger partial charge in [-0.3, -0.25) is 9.69 Å². The number of nitrogens with one attached hydrogen (secondary N) is 2. The summed E-state index contributed by atoms with van der Waals surface area (Å²) in [5.41, 5.74) is 7.22. The molecule has 230 valence electrons. The standard InChI is InChI=1S/C19H20N2S.C18H18N2O2S/c1-2-15-8-10-17(11-9-15)13-21-14-18(20-19(21)22)12-16-6-4-3-5-7-16;1-22-15-9-7-14(8-10-15)12-20-17(21)16(19-18(20)23)11-13-5-3-2-4-6-13/h3-11,14H,2,12-13H2,1H3,(H,20,22);2-10,16H,11-12H2,1H3,(H,19,23). The van der Waals surface area contributed by atoms with Crippen LogP contribution in [0.3, 0.4) is 0 Å². The molecule has 1 aliphatic heterocycles. The van der Waals surface area contributed by atoms with Crippen molar-refractivity contribution in [3.63, 3.8) is 0 Å². The van der Waals surface area contributed by atoms with Crippen molar-refractivity contribution in [2.24, 2.45) is 0 Å². The van der Waals surface area contributed by atoms with Gasteiger partial charge in [0.25, 0.3) is 5.91 Å². The number of thiocarbonyl (C=S) groups is 1. The van der Waals surface area contributed by atoms with Gasteiger partial charge in [-0.2, -0.15) is 0 Å². The molecule has 45 heavy (non-hydrogen) atoms. The van der Waals surface area contributed by atoms with E-state index < -0.39 is 0 Å². The van der Waals surface area contributed by atoms with Crippen molar-refractivity contribution in [1.82, 2.24) is 19.8 Å². The fraction of sp³-hybridized carbons (Fsp3) is 0.216. The number of aromatic nitrogens is 2. The zero-order chi connectivity index (χ0) is 31.6. The Hall–Kier alpha value is -4.53. The first-order valence-electron chi connectivity index (χ1n) is 15.1. The van der Waals surface area contributed by atoms with Crippen LogP contribution in [0, 0.1) is 4.77 Å². The Balaban J connectivity index is 0.000000178. The lowest BCUT2D eigenvalue weighted by atomic mass is 10.1. The summed E-state index contributed by atoms with van der Waals surface area (Å²) in [6.45, 7) is 3.46. The van der Waals surface area contributed by atoms with Crippen molar-refractivity contribution >= 4 is 35.5 Å². The molecule has 0 bridgehead atoms. The Morgan fingerprint density at radius 2 is 1.31 bits per heavy atom. The lowest BCUT2D eigenvalue weighted by Gasteiger charge is -2.15. The van der Waals surface area contributed by atoms with Gasteiger partial charge in [0.1, 0.15) is 11.8 Å². The van der Waals surface area contributed by atoms with E-state index in [1.807, 2.05) is 60.7 Å². The van der Waals surface area contributed by atoms with Gasteiger partial charge >= 0.3 is 0 Å². The maximum Gasteiger partial charge on any atom is 0.251 e. The van der Waals surface area contributed by atoms with Crippen LogP contribution in [-0.2, 0) is 37.1 Å². The predicted octanol–water partition coefficient (Wildman–Crippen LogP) is 7.27. The first kappa shape index (κ1) is 31.9. The van der Waals surface area contributed by atoms with Crippen LogP contribution >= 0.6 is 24.4 Å². The number of H-pyrrole nitrogens is 1. The van der Waals surface area contributed by atoms with Gasteiger partial charge in [0.15, 0.2) is 9.88 Å². The molecule has 1 amide bonds. The second-order valence-corrected chi connectivity index (χ2v) is 11.8. The lowest BCUT2D eigenvalue weighted by Crippen LogP contribution is -2.32. The number of benzene rings is 4. The molecule has 2 heterocycles. The monoisotopic (exact) mass is 634 g/mol. The molecule has 1 saturated heterocycles. The maximum atomic E-state index is 12.6. The number of aromatic amines is 1. The highest BCUT2D eigenvalue weighted by atomic mass is 32.1. The first-order chi connectivity index (χ1) is 21.9. The molecule has 1 aliphatic rings. The third-order valence-corrected chi connectivity index (χ3v) is 8.43. The number of imidazole rings is 1. The van der Waals surface area contributed by atoms with Gasteiger partial charge in [0.2, 0.25) is 0 Å². The van der Waals surface area contributed by atoms with Crippen LogP contribution in [0.4, 0.5) is 0 Å². The zero-order valence-corrected chi connectivity index (χ0v) is 27.2. The Kier molecular flexibility index (Phi) is 11.0. The van der Waals surface area contributed by atoms with Gasteiger partial charge < -0.3 is 19.6 Å². The minimum atomic E-state index is -0.289. The average Bonchev–Trinajstić information content (AvgIpc) is 3.54. The second kappa shape index (κ2) is 15.5. The Morgan fingerprint density at radius 1 is 0.733 bits per heavy atom. The third kappa shape index (κ3) is 8.77. The van der Waals surface area contributed by atoms with E-state index in [4.69, 9.17) is 29.2 Å². The molecule has 1 atom stereocenters. The minimum absolute atomic E-state index is 0.0228. The second-order valence-electron chi connectivity index (χ2n) is 11.0. The molecule has 2 N–H and O–H groups in total. The van der Waals surface area contributed by atoms with Gasteiger partial charge in [0, 0.05) is 31.3 Å². The number of carbonyl (C=O) groups excluding carboxylic acids is 1. The molecular formula is C37H38N4O2S2. The van der Waals surface area contributed by atoms with E-state index in [-0.39, 0.29) is 11.9 Å². The summed E-state index contributed by atoms with van der Waals surface area (Å²) < 4.78 is 8.03. The molecule has 5 aromatic rings. The van der Waals surface area contributed by atoms with Crippen LogP contribution in [0.2, 0.25) is 0 Å². The Bertz CT molecular complexity index is 1750. The number of aryl methyl sites for hydroxylation is 1. The van der Waals surface area contributed by atoms with Crippen LogP contribution in [0.1, 0.15) is 40.4 Å². The predicted molar refractivity (Wildman–Crippen MR) is 187 cm³/mol. The van der Waals surface area contributed by atoms with E-state index in [9.17, 15) is 4.79 Å². The molecule has 6 nitrogen and oxygen atoms in total. The highest BCUT2D eigenvalue weighted by molar-refractivity contribution is 7.80. The molecule has 0 spiro atoms. The highest BCUT2D eigenvalue weighted by Crippen LogP contribution is 2.18. The van der Waals surface area contributed by atoms with Gasteiger partial charge in [-0.25, -0.2) is 0 Å². The van der Waals surface area contributed by atoms with Crippen molar-refractivity contribution in [2.45, 2.75) is 45.3 Å². The largest absolute Gasteiger partial charge is 0.497 e. The number of hydrogen-bond acceptors (Lipinski definition) is 4. The highest BCUT2D eigenvalue weighted by Gasteiger charge is 2.35. The summed E-state index contributed by atoms with van der Waals surface area (Å²) in [5, 5.41) is 3.62. The molecule has 6 rings (SSSR count). The fourth-order valence-corrected chi connectivity index (χ4v) is 5.76. The smallest absolute Gasteiger partial charge is 0.251 e. The molecule has 4 aromatic carbocycles. The van der Waals surface area contributed by atoms with E-state index in [1.54, 1.807) is 12.0 Å². The van der Waals surface area contributed by atoms with Crippen molar-refractivity contribution in [3.05, 3.63) is 154 Å². The molecule has 1 fully saturated rings. The fourth-order valence-electron chi connectivity index (χ4n) is 5.22. The molecular weight excluding hydrogens is 597 g/mol. The Labute approximate surface area is 275 Å². The summed E-state index contributed by atoms with van der Waals surface area (Å²) in [7, 11) is 1.63. The summed E-state index contributed by atoms with van der Waals surface area (Å²) >= 11 is 10.8. The average molecular weight is 635 g/mol. The van der Waals surface area contributed by atoms with Crippen LogP contribution < -0.4 is 10.1 Å². The number of rotatable bonds is 10. The number of amides is 1. The van der Waals surface area contributed by atoms with Crippen molar-refractivity contribution in [1.29, 1.82) is 0 Å². The van der Waals surface area contributed by atoms with Gasteiger partial charge in [-0.1, -0.05) is 104 Å². The quantitative estimate of drug-likeness (QED) is 0.158. The van der Waals surface area contributed by atoms with Crippen LogP contribution in [0.5, 0.6) is 5.75 Å². The maximum absolute atomic E-state index is 12.6. The van der Waals surface area contributed by atoms with Crippen LogP contribution in [-0.4, -0.2) is 38.6 Å². The molecule has 8 heteroatoms. The number of carbonyl (C=O) groups is 1. The molecule has 0 aliphatic carbocycles. The molecule has 0 radical (unpaired) electrons. The molecule has 0 saturated carbocycles. The molecule has 1 aromatic heterocycles. The minimum Gasteiger partial charge on any atom is -0.497 e. The summed E-state index contributed by atoms with van der Waals surface area (Å²) in [5.74, 6) is 0.818. The summed E-state index contributed by atoms with van der Waals surface area (Å²) in [4.78, 5) is 17.5. The zero-order valence-electron chi connectivity index (χ0n) is 25.6. The van der Waals surface area contributed by atoms with Gasteiger partial charge in [-0.15, -0.1) is 0 Å². The van der Waals surface area contributed by atoms with E-state index in [2.05, 4.69) is 76.5 Å². The summed E-state index contributed by atoms with van der Waals surface area (Å²) in [6.07, 6.45) is 4.72. The summed E-state index contributed by atoms with van der Waals surface area (Å²) in [6, 6.07) is 36.5. The van der Waals surface area contributed by atoms with E-state index in [0.29, 0.717) is 18.1 Å². The van der Waals surface area contributed by atoms with E-state index in [0.717, 1.165) is 46.7 Å². The van der Waals surface area contributed by atoms with Gasteiger partial charge in [-0.05, 0) is 70.8 Å². The number of ether oxygens (including phenoxy) is 1. The number of nitrogens with zero attached hydrogens (tertiary/aromatic N) is 2. The van der Waals surface area contributed by atoms with E-state index in [1.165, 1.54) is 16.7 Å². The molecule has 1 unspecified atom stereocenters. The van der Waals surface area contributed by atoms with E-state index >= 15 is 0 Å². The van der Waals surface area contributed by atoms with Crippen molar-refractivity contribution in [2.75, 3.05) is 7.11 Å². The Morgan fingerprint density at radius 3 is 1.93 bits per heavy atom.